The van der Waals surface area contributed by atoms with E-state index in [9.17, 15) is 4.79 Å². The minimum Gasteiger partial charge on any atom is -0.481 e. The van der Waals surface area contributed by atoms with Crippen molar-refractivity contribution in [2.45, 2.75) is 38.7 Å². The van der Waals surface area contributed by atoms with Gasteiger partial charge in [-0.25, -0.2) is 0 Å². The van der Waals surface area contributed by atoms with E-state index in [0.29, 0.717) is 10.7 Å². The molecule has 1 amide bonds. The molecule has 120 valence electrons. The monoisotopic (exact) mass is 329 g/mol. The van der Waals surface area contributed by atoms with E-state index in [2.05, 4.69) is 11.4 Å². The Balaban J connectivity index is 1.71. The molecule has 0 spiro atoms. The van der Waals surface area contributed by atoms with Crippen LogP contribution in [0.15, 0.2) is 42.5 Å². The Hall–Kier alpha value is -2.00. The van der Waals surface area contributed by atoms with Gasteiger partial charge in [-0.3, -0.25) is 4.79 Å². The number of halogens is 1. The summed E-state index contributed by atoms with van der Waals surface area (Å²) >= 11 is 6.07. The molecular weight excluding hydrogens is 310 g/mol. The third kappa shape index (κ3) is 3.67. The molecule has 1 N–H and O–H groups in total. The summed E-state index contributed by atoms with van der Waals surface area (Å²) < 4.78 is 5.93. The molecule has 0 fully saturated rings. The second-order valence-corrected chi connectivity index (χ2v) is 6.24. The highest BCUT2D eigenvalue weighted by Crippen LogP contribution is 2.30. The van der Waals surface area contributed by atoms with Crippen molar-refractivity contribution in [2.24, 2.45) is 0 Å². The average Bonchev–Trinajstić information content (AvgIpc) is 2.57. The number of amides is 1. The SMILES string of the molecule is CC(Oc1cccc2c1CCCC2)C(=O)Nc1ccccc1Cl. The first-order chi connectivity index (χ1) is 11.1. The summed E-state index contributed by atoms with van der Waals surface area (Å²) in [6, 6.07) is 13.3. The number of hydrogen-bond donors (Lipinski definition) is 1. The van der Waals surface area contributed by atoms with Gasteiger partial charge in [0.05, 0.1) is 10.7 Å². The van der Waals surface area contributed by atoms with E-state index in [-0.39, 0.29) is 5.91 Å². The second kappa shape index (κ2) is 7.05. The smallest absolute Gasteiger partial charge is 0.265 e. The molecule has 1 unspecified atom stereocenters. The van der Waals surface area contributed by atoms with Gasteiger partial charge in [0.15, 0.2) is 6.10 Å². The number of fused-ring (bicyclic) bond motifs is 1. The van der Waals surface area contributed by atoms with Crippen LogP contribution >= 0.6 is 11.6 Å². The van der Waals surface area contributed by atoms with Crippen LogP contribution in [0.2, 0.25) is 5.02 Å². The Bertz CT molecular complexity index is 714. The Labute approximate surface area is 141 Å². The molecule has 0 saturated carbocycles. The average molecular weight is 330 g/mol. The number of anilines is 1. The fourth-order valence-corrected chi connectivity index (χ4v) is 3.08. The second-order valence-electron chi connectivity index (χ2n) is 5.83. The van der Waals surface area contributed by atoms with Crippen LogP contribution in [0, 0.1) is 0 Å². The zero-order valence-electron chi connectivity index (χ0n) is 13.1. The summed E-state index contributed by atoms with van der Waals surface area (Å²) in [6.07, 6.45) is 3.92. The predicted octanol–water partition coefficient (Wildman–Crippen LogP) is 4.62. The molecule has 0 bridgehead atoms. The summed E-state index contributed by atoms with van der Waals surface area (Å²) in [4.78, 5) is 12.3. The van der Waals surface area contributed by atoms with E-state index in [1.54, 1.807) is 19.1 Å². The highest BCUT2D eigenvalue weighted by Gasteiger charge is 2.19. The van der Waals surface area contributed by atoms with Crippen molar-refractivity contribution in [2.75, 3.05) is 5.32 Å². The zero-order valence-corrected chi connectivity index (χ0v) is 13.9. The van der Waals surface area contributed by atoms with Gasteiger partial charge in [0, 0.05) is 0 Å². The summed E-state index contributed by atoms with van der Waals surface area (Å²) in [6.45, 7) is 1.76. The van der Waals surface area contributed by atoms with Crippen molar-refractivity contribution in [3.8, 4) is 5.75 Å². The number of nitrogens with one attached hydrogen (secondary N) is 1. The molecule has 4 heteroatoms. The van der Waals surface area contributed by atoms with Gasteiger partial charge in [-0.2, -0.15) is 0 Å². The molecule has 2 aromatic rings. The lowest BCUT2D eigenvalue weighted by atomic mass is 9.91. The van der Waals surface area contributed by atoms with Crippen LogP contribution in [0.1, 0.15) is 30.9 Å². The normalized spacial score (nSPS) is 14.7. The van der Waals surface area contributed by atoms with Gasteiger partial charge in [0.2, 0.25) is 0 Å². The molecule has 3 nitrogen and oxygen atoms in total. The van der Waals surface area contributed by atoms with Crippen LogP contribution in [0.25, 0.3) is 0 Å². The number of hydrogen-bond acceptors (Lipinski definition) is 2. The number of ether oxygens (including phenoxy) is 1. The minimum atomic E-state index is -0.584. The van der Waals surface area contributed by atoms with Crippen molar-refractivity contribution >= 4 is 23.2 Å². The van der Waals surface area contributed by atoms with Crippen LogP contribution in [-0.2, 0) is 17.6 Å². The number of rotatable bonds is 4. The molecule has 2 aromatic carbocycles. The maximum Gasteiger partial charge on any atom is 0.265 e. The topological polar surface area (TPSA) is 38.3 Å². The molecule has 0 aromatic heterocycles. The summed E-state index contributed by atoms with van der Waals surface area (Å²) in [7, 11) is 0. The van der Waals surface area contributed by atoms with Gasteiger partial charge in [0.1, 0.15) is 5.75 Å². The molecule has 0 heterocycles. The molecule has 0 aliphatic heterocycles. The first kappa shape index (κ1) is 15.9. The lowest BCUT2D eigenvalue weighted by Gasteiger charge is -2.22. The largest absolute Gasteiger partial charge is 0.481 e. The number of carbonyl (C=O) groups excluding carboxylic acids is 1. The zero-order chi connectivity index (χ0) is 16.2. The van der Waals surface area contributed by atoms with Crippen molar-refractivity contribution in [3.05, 3.63) is 58.6 Å². The maximum atomic E-state index is 12.3. The highest BCUT2D eigenvalue weighted by molar-refractivity contribution is 6.33. The van der Waals surface area contributed by atoms with Crippen LogP contribution in [0.4, 0.5) is 5.69 Å². The van der Waals surface area contributed by atoms with Gasteiger partial charge in [-0.1, -0.05) is 35.9 Å². The van der Waals surface area contributed by atoms with Gasteiger partial charge >= 0.3 is 0 Å². The van der Waals surface area contributed by atoms with E-state index < -0.39 is 6.10 Å². The third-order valence-electron chi connectivity index (χ3n) is 4.16. The minimum absolute atomic E-state index is 0.202. The predicted molar refractivity (Wildman–Crippen MR) is 93.3 cm³/mol. The molecule has 1 aliphatic rings. The van der Waals surface area contributed by atoms with Gasteiger partial charge in [-0.05, 0) is 61.9 Å². The number of benzene rings is 2. The van der Waals surface area contributed by atoms with E-state index in [1.807, 2.05) is 24.3 Å². The van der Waals surface area contributed by atoms with E-state index in [4.69, 9.17) is 16.3 Å². The maximum absolute atomic E-state index is 12.3. The third-order valence-corrected chi connectivity index (χ3v) is 4.49. The standard InChI is InChI=1S/C19H20ClNO2/c1-13(19(22)21-17-11-5-4-10-16(17)20)23-18-12-6-8-14-7-2-3-9-15(14)18/h4-6,8,10-13H,2-3,7,9H2,1H3,(H,21,22). The highest BCUT2D eigenvalue weighted by atomic mass is 35.5. The van der Waals surface area contributed by atoms with Gasteiger partial charge < -0.3 is 10.1 Å². The Morgan fingerprint density at radius 1 is 1.13 bits per heavy atom. The number of para-hydroxylation sites is 1. The quantitative estimate of drug-likeness (QED) is 0.888. The van der Waals surface area contributed by atoms with Crippen LogP contribution in [0.5, 0.6) is 5.75 Å². The lowest BCUT2D eigenvalue weighted by Crippen LogP contribution is -2.30. The molecule has 3 rings (SSSR count). The summed E-state index contributed by atoms with van der Waals surface area (Å²) in [5.74, 6) is 0.621. The number of carbonyl (C=O) groups is 1. The molecule has 1 atom stereocenters. The van der Waals surface area contributed by atoms with E-state index >= 15 is 0 Å². The summed E-state index contributed by atoms with van der Waals surface area (Å²) in [5.41, 5.74) is 3.19. The summed E-state index contributed by atoms with van der Waals surface area (Å²) in [5, 5.41) is 3.33. The molecular formula is C19H20ClNO2. The lowest BCUT2D eigenvalue weighted by molar-refractivity contribution is -0.122. The van der Waals surface area contributed by atoms with E-state index in [0.717, 1.165) is 18.6 Å². The van der Waals surface area contributed by atoms with Crippen LogP contribution in [0.3, 0.4) is 0 Å². The van der Waals surface area contributed by atoms with E-state index in [1.165, 1.54) is 24.0 Å². The molecule has 1 aliphatic carbocycles. The Kier molecular flexibility index (Phi) is 4.87. The van der Waals surface area contributed by atoms with Crippen molar-refractivity contribution in [1.29, 1.82) is 0 Å². The fraction of sp³-hybridized carbons (Fsp3) is 0.316. The number of aryl methyl sites for hydroxylation is 1. The van der Waals surface area contributed by atoms with Crippen molar-refractivity contribution in [1.82, 2.24) is 0 Å². The van der Waals surface area contributed by atoms with Crippen LogP contribution in [-0.4, -0.2) is 12.0 Å². The Morgan fingerprint density at radius 2 is 1.91 bits per heavy atom. The van der Waals surface area contributed by atoms with Crippen molar-refractivity contribution < 1.29 is 9.53 Å². The first-order valence-corrected chi connectivity index (χ1v) is 8.36. The van der Waals surface area contributed by atoms with Gasteiger partial charge in [-0.15, -0.1) is 0 Å². The van der Waals surface area contributed by atoms with Crippen LogP contribution < -0.4 is 10.1 Å². The Morgan fingerprint density at radius 3 is 2.74 bits per heavy atom. The van der Waals surface area contributed by atoms with Gasteiger partial charge in [0.25, 0.3) is 5.91 Å². The molecule has 23 heavy (non-hydrogen) atoms. The molecule has 0 radical (unpaired) electrons. The first-order valence-electron chi connectivity index (χ1n) is 7.98. The fourth-order valence-electron chi connectivity index (χ4n) is 2.90. The van der Waals surface area contributed by atoms with Crippen molar-refractivity contribution in [3.63, 3.8) is 0 Å². The molecule has 0 saturated heterocycles.